The number of para-hydroxylation sites is 1. The van der Waals surface area contributed by atoms with E-state index in [-0.39, 0.29) is 23.8 Å². The molecule has 0 radical (unpaired) electrons. The lowest BCUT2D eigenvalue weighted by Crippen LogP contribution is -2.29. The van der Waals surface area contributed by atoms with Crippen LogP contribution in [0.5, 0.6) is 11.5 Å². The predicted molar refractivity (Wildman–Crippen MR) is 93.5 cm³/mol. The van der Waals surface area contributed by atoms with Crippen LogP contribution in [0, 0.1) is 5.82 Å². The van der Waals surface area contributed by atoms with Crippen molar-refractivity contribution in [3.63, 3.8) is 0 Å². The van der Waals surface area contributed by atoms with Crippen molar-refractivity contribution in [1.29, 1.82) is 0 Å². The SMILES string of the molecule is COc1ccc(C(C)NC(=O)c2ccccc2OC2CCC2)cc1F. The smallest absolute Gasteiger partial charge is 0.255 e. The first-order chi connectivity index (χ1) is 12.1. The quantitative estimate of drug-likeness (QED) is 0.853. The Bertz CT molecular complexity index is 758. The van der Waals surface area contributed by atoms with Crippen LogP contribution in [-0.2, 0) is 0 Å². The molecule has 0 saturated heterocycles. The summed E-state index contributed by atoms with van der Waals surface area (Å²) in [4.78, 5) is 12.6. The molecule has 4 nitrogen and oxygen atoms in total. The number of hydrogen-bond donors (Lipinski definition) is 1. The lowest BCUT2D eigenvalue weighted by Gasteiger charge is -2.27. The zero-order valence-corrected chi connectivity index (χ0v) is 14.4. The van der Waals surface area contributed by atoms with Gasteiger partial charge in [-0.3, -0.25) is 4.79 Å². The molecule has 0 aromatic heterocycles. The summed E-state index contributed by atoms with van der Waals surface area (Å²) in [5.74, 6) is 0.0906. The highest BCUT2D eigenvalue weighted by atomic mass is 19.1. The van der Waals surface area contributed by atoms with Crippen LogP contribution in [0.15, 0.2) is 42.5 Å². The number of hydrogen-bond acceptors (Lipinski definition) is 3. The number of amides is 1. The average Bonchev–Trinajstić information content (AvgIpc) is 2.58. The largest absolute Gasteiger partial charge is 0.494 e. The average molecular weight is 343 g/mol. The molecule has 0 heterocycles. The summed E-state index contributed by atoms with van der Waals surface area (Å²) < 4.78 is 24.7. The van der Waals surface area contributed by atoms with Crippen molar-refractivity contribution >= 4 is 5.91 Å². The van der Waals surface area contributed by atoms with Gasteiger partial charge in [0.05, 0.1) is 24.8 Å². The standard InChI is InChI=1S/C20H22FNO3/c1-13(14-10-11-19(24-2)17(21)12-14)22-20(23)16-8-3-4-9-18(16)25-15-6-5-7-15/h3-4,8-13,15H,5-7H2,1-2H3,(H,22,23). The second kappa shape index (κ2) is 7.55. The lowest BCUT2D eigenvalue weighted by atomic mass is 9.96. The Hall–Kier alpha value is -2.56. The summed E-state index contributed by atoms with van der Waals surface area (Å²) in [6, 6.07) is 11.5. The fourth-order valence-electron chi connectivity index (χ4n) is 2.73. The van der Waals surface area contributed by atoms with Crippen LogP contribution in [0.25, 0.3) is 0 Å². The number of benzene rings is 2. The third-order valence-electron chi connectivity index (χ3n) is 4.50. The monoisotopic (exact) mass is 343 g/mol. The third-order valence-corrected chi connectivity index (χ3v) is 4.50. The number of carbonyl (C=O) groups is 1. The summed E-state index contributed by atoms with van der Waals surface area (Å²) in [7, 11) is 1.42. The second-order valence-corrected chi connectivity index (χ2v) is 6.26. The molecule has 25 heavy (non-hydrogen) atoms. The maximum atomic E-state index is 13.9. The topological polar surface area (TPSA) is 47.6 Å². The van der Waals surface area contributed by atoms with Gasteiger partial charge in [-0.2, -0.15) is 0 Å². The van der Waals surface area contributed by atoms with Gasteiger partial charge in [0.2, 0.25) is 0 Å². The van der Waals surface area contributed by atoms with E-state index >= 15 is 0 Å². The number of rotatable bonds is 6. The Morgan fingerprint density at radius 3 is 2.60 bits per heavy atom. The minimum absolute atomic E-state index is 0.182. The predicted octanol–water partition coefficient (Wildman–Crippen LogP) is 4.26. The summed E-state index contributed by atoms with van der Waals surface area (Å²) in [6.45, 7) is 1.81. The Morgan fingerprint density at radius 1 is 1.20 bits per heavy atom. The lowest BCUT2D eigenvalue weighted by molar-refractivity contribution is 0.0915. The van der Waals surface area contributed by atoms with E-state index < -0.39 is 5.82 Å². The Labute approximate surface area is 147 Å². The molecule has 2 aromatic carbocycles. The van der Waals surface area contributed by atoms with Crippen molar-refractivity contribution in [2.24, 2.45) is 0 Å². The molecule has 1 aliphatic rings. The minimum Gasteiger partial charge on any atom is -0.494 e. The molecular weight excluding hydrogens is 321 g/mol. The first-order valence-corrected chi connectivity index (χ1v) is 8.48. The normalized spacial score (nSPS) is 15.2. The van der Waals surface area contributed by atoms with E-state index in [1.54, 1.807) is 24.3 Å². The first kappa shape index (κ1) is 17.3. The van der Waals surface area contributed by atoms with E-state index in [1.807, 2.05) is 19.1 Å². The maximum Gasteiger partial charge on any atom is 0.255 e. The Morgan fingerprint density at radius 2 is 1.96 bits per heavy atom. The molecule has 0 bridgehead atoms. The zero-order valence-electron chi connectivity index (χ0n) is 14.4. The van der Waals surface area contributed by atoms with Crippen LogP contribution in [0.4, 0.5) is 4.39 Å². The number of methoxy groups -OCH3 is 1. The zero-order chi connectivity index (χ0) is 17.8. The van der Waals surface area contributed by atoms with Gasteiger partial charge in [-0.15, -0.1) is 0 Å². The Balaban J connectivity index is 1.72. The molecule has 1 amide bonds. The van der Waals surface area contributed by atoms with E-state index in [9.17, 15) is 9.18 Å². The highest BCUT2D eigenvalue weighted by Crippen LogP contribution is 2.28. The summed E-state index contributed by atoms with van der Waals surface area (Å²) in [5.41, 5.74) is 1.17. The van der Waals surface area contributed by atoms with E-state index in [0.29, 0.717) is 16.9 Å². The van der Waals surface area contributed by atoms with Gasteiger partial charge >= 0.3 is 0 Å². The van der Waals surface area contributed by atoms with Crippen molar-refractivity contribution < 1.29 is 18.7 Å². The molecule has 5 heteroatoms. The molecule has 2 aromatic rings. The van der Waals surface area contributed by atoms with Crippen molar-refractivity contribution in [3.8, 4) is 11.5 Å². The number of nitrogens with one attached hydrogen (secondary N) is 1. The second-order valence-electron chi connectivity index (χ2n) is 6.26. The van der Waals surface area contributed by atoms with Gasteiger partial charge in [0, 0.05) is 0 Å². The number of ether oxygens (including phenoxy) is 2. The van der Waals surface area contributed by atoms with E-state index in [1.165, 1.54) is 19.6 Å². The van der Waals surface area contributed by atoms with Crippen molar-refractivity contribution in [2.75, 3.05) is 7.11 Å². The molecule has 1 unspecified atom stereocenters. The van der Waals surface area contributed by atoms with E-state index in [4.69, 9.17) is 9.47 Å². The minimum atomic E-state index is -0.449. The van der Waals surface area contributed by atoms with Crippen molar-refractivity contribution in [3.05, 3.63) is 59.4 Å². The van der Waals surface area contributed by atoms with E-state index in [2.05, 4.69) is 5.32 Å². The fourth-order valence-corrected chi connectivity index (χ4v) is 2.73. The summed E-state index contributed by atoms with van der Waals surface area (Å²) in [6.07, 6.45) is 3.41. The number of carbonyl (C=O) groups excluding carboxylic acids is 1. The molecular formula is C20H22FNO3. The van der Waals surface area contributed by atoms with Crippen LogP contribution < -0.4 is 14.8 Å². The van der Waals surface area contributed by atoms with Crippen LogP contribution in [0.2, 0.25) is 0 Å². The van der Waals surface area contributed by atoms with Crippen LogP contribution >= 0.6 is 0 Å². The highest BCUT2D eigenvalue weighted by Gasteiger charge is 2.22. The molecule has 1 aliphatic carbocycles. The fraction of sp³-hybridized carbons (Fsp3) is 0.350. The molecule has 1 saturated carbocycles. The molecule has 0 spiro atoms. The Kier molecular flexibility index (Phi) is 5.22. The molecule has 0 aliphatic heterocycles. The van der Waals surface area contributed by atoms with Gasteiger partial charge in [0.25, 0.3) is 5.91 Å². The van der Waals surface area contributed by atoms with Gasteiger partial charge < -0.3 is 14.8 Å². The van der Waals surface area contributed by atoms with E-state index in [0.717, 1.165) is 12.8 Å². The van der Waals surface area contributed by atoms with Crippen LogP contribution in [-0.4, -0.2) is 19.1 Å². The van der Waals surface area contributed by atoms with Crippen molar-refractivity contribution in [1.82, 2.24) is 5.32 Å². The highest BCUT2D eigenvalue weighted by molar-refractivity contribution is 5.97. The van der Waals surface area contributed by atoms with Crippen molar-refractivity contribution in [2.45, 2.75) is 38.3 Å². The molecule has 1 atom stereocenters. The molecule has 3 rings (SSSR count). The van der Waals surface area contributed by atoms with Crippen LogP contribution in [0.3, 0.4) is 0 Å². The maximum absolute atomic E-state index is 13.9. The first-order valence-electron chi connectivity index (χ1n) is 8.48. The number of halogens is 1. The molecule has 132 valence electrons. The molecule has 1 N–H and O–H groups in total. The van der Waals surface area contributed by atoms with Gasteiger partial charge in [0.1, 0.15) is 5.75 Å². The third kappa shape index (κ3) is 3.92. The van der Waals surface area contributed by atoms with Crippen LogP contribution in [0.1, 0.15) is 48.1 Å². The van der Waals surface area contributed by atoms with Gasteiger partial charge in [-0.05, 0) is 56.0 Å². The summed E-state index contributed by atoms with van der Waals surface area (Å²) in [5, 5.41) is 2.90. The van der Waals surface area contributed by atoms with Gasteiger partial charge in [0.15, 0.2) is 11.6 Å². The van der Waals surface area contributed by atoms with Gasteiger partial charge in [-0.25, -0.2) is 4.39 Å². The van der Waals surface area contributed by atoms with Gasteiger partial charge in [-0.1, -0.05) is 18.2 Å². The summed E-state index contributed by atoms with van der Waals surface area (Å²) >= 11 is 0. The molecule has 1 fully saturated rings.